The minimum Gasteiger partial charge on any atom is -0.477 e. The van der Waals surface area contributed by atoms with Gasteiger partial charge >= 0.3 is 53.6 Å². The maximum Gasteiger partial charge on any atom is 0.418 e. The summed E-state index contributed by atoms with van der Waals surface area (Å²) in [6.07, 6.45) is -25.7. The fourth-order valence-corrected chi connectivity index (χ4v) is 1.78. The number of carbonyl (C=O) groups is 1. The van der Waals surface area contributed by atoms with Gasteiger partial charge in [0.2, 0.25) is 0 Å². The number of carboxylic acid groups (broad SMARTS) is 1. The zero-order chi connectivity index (χ0) is 23.6. The summed E-state index contributed by atoms with van der Waals surface area (Å²) in [4.78, 5) is 9.81. The number of rotatable bonds is 5. The highest BCUT2D eigenvalue weighted by molar-refractivity contribution is 5.77. The first-order valence-corrected chi connectivity index (χ1v) is 5.64. The summed E-state index contributed by atoms with van der Waals surface area (Å²) in [7, 11) is 0. The molecule has 0 heterocycles. The molecule has 0 bridgehead atoms. The maximum atomic E-state index is 13.4. The lowest BCUT2D eigenvalue weighted by atomic mass is 9.73. The lowest BCUT2D eigenvalue weighted by molar-refractivity contribution is -0.511. The molecular weight excluding hydrogens is 463 g/mol. The smallest absolute Gasteiger partial charge is 0.418 e. The van der Waals surface area contributed by atoms with E-state index in [-0.39, 0.29) is 0 Å². The Balaban J connectivity index is 7.42. The molecule has 0 aromatic heterocycles. The van der Waals surface area contributed by atoms with Crippen LogP contribution in [0.5, 0.6) is 0 Å². The van der Waals surface area contributed by atoms with E-state index in [1.54, 1.807) is 0 Å². The Morgan fingerprint density at radius 2 is 0.714 bits per heavy atom. The van der Waals surface area contributed by atoms with Crippen LogP contribution in [0.3, 0.4) is 0 Å². The van der Waals surface area contributed by atoms with Crippen LogP contribution in [0.15, 0.2) is 0 Å². The molecule has 0 aromatic carbocycles. The second-order valence-corrected chi connectivity index (χ2v) is 4.85. The van der Waals surface area contributed by atoms with Crippen LogP contribution in [0, 0.1) is 5.41 Å². The van der Waals surface area contributed by atoms with E-state index < -0.39 is 53.6 Å². The first-order valence-electron chi connectivity index (χ1n) is 5.64. The van der Waals surface area contributed by atoms with Crippen molar-refractivity contribution in [2.24, 2.45) is 5.41 Å². The molecule has 0 rings (SSSR count). The van der Waals surface area contributed by atoms with Gasteiger partial charge in [-0.3, -0.25) is 0 Å². The molecule has 0 saturated heterocycles. The van der Waals surface area contributed by atoms with E-state index in [9.17, 15) is 79.4 Å². The summed E-state index contributed by atoms with van der Waals surface area (Å²) in [6, 6.07) is 0. The van der Waals surface area contributed by atoms with Crippen LogP contribution in [0.2, 0.25) is 0 Å². The SMILES string of the molecule is O=C(O)C(F)(F)C(F)(F)C(F)(F)C(F)(F)C(C(F)(F)F)(C(F)(F)F)C(F)(F)F. The second kappa shape index (κ2) is 6.14. The van der Waals surface area contributed by atoms with Gasteiger partial charge in [0, 0.05) is 0 Å². The van der Waals surface area contributed by atoms with Crippen molar-refractivity contribution in [1.82, 2.24) is 0 Å². The number of halogens is 17. The molecule has 0 saturated carbocycles. The molecule has 0 radical (unpaired) electrons. The van der Waals surface area contributed by atoms with Crippen molar-refractivity contribution in [2.45, 2.75) is 42.2 Å². The van der Waals surface area contributed by atoms with Crippen molar-refractivity contribution < 1.29 is 84.5 Å². The Hall–Kier alpha value is -1.72. The van der Waals surface area contributed by atoms with Gasteiger partial charge in [-0.1, -0.05) is 0 Å². The van der Waals surface area contributed by atoms with Crippen LogP contribution in [0.4, 0.5) is 74.6 Å². The molecule has 1 N–H and O–H groups in total. The van der Waals surface area contributed by atoms with Crippen molar-refractivity contribution >= 4 is 5.97 Å². The molecule has 0 fully saturated rings. The van der Waals surface area contributed by atoms with Crippen LogP contribution in [0.1, 0.15) is 0 Å². The molecule has 0 unspecified atom stereocenters. The van der Waals surface area contributed by atoms with E-state index in [0.29, 0.717) is 0 Å². The van der Waals surface area contributed by atoms with E-state index >= 15 is 0 Å². The van der Waals surface area contributed by atoms with Crippen LogP contribution in [0.25, 0.3) is 0 Å². The quantitative estimate of drug-likeness (QED) is 0.563. The highest BCUT2D eigenvalue weighted by Crippen LogP contribution is 2.71. The molecule has 0 amide bonds. The lowest BCUT2D eigenvalue weighted by Crippen LogP contribution is -2.77. The van der Waals surface area contributed by atoms with E-state index in [4.69, 9.17) is 5.11 Å². The van der Waals surface area contributed by atoms with E-state index in [2.05, 4.69) is 0 Å². The van der Waals surface area contributed by atoms with Crippen molar-refractivity contribution in [3.63, 3.8) is 0 Å². The molecule has 0 aliphatic heterocycles. The van der Waals surface area contributed by atoms with Gasteiger partial charge in [-0.2, -0.15) is 74.6 Å². The standard InChI is InChI=1S/C9HF17O2/c10-2(11,1(27)28)4(12,13)6(16,17)5(14,15)3(7(18,19)20,8(21,22)23)9(24,25)26/h(H,27,28). The average Bonchev–Trinajstić information content (AvgIpc) is 2.31. The number of hydrogen-bond acceptors (Lipinski definition) is 1. The molecule has 0 spiro atoms. The molecule has 19 heteroatoms. The summed E-state index contributed by atoms with van der Waals surface area (Å²) in [5.74, 6) is -38.3. The van der Waals surface area contributed by atoms with Crippen LogP contribution >= 0.6 is 0 Å². The highest BCUT2D eigenvalue weighted by atomic mass is 19.4. The van der Waals surface area contributed by atoms with Gasteiger partial charge in [0.1, 0.15) is 0 Å². The molecule has 0 atom stereocenters. The summed E-state index contributed by atoms with van der Waals surface area (Å²) >= 11 is 0. The minimum atomic E-state index is -9.11. The molecule has 0 aliphatic rings. The van der Waals surface area contributed by atoms with E-state index in [1.165, 1.54) is 0 Å². The maximum absolute atomic E-state index is 13.4. The van der Waals surface area contributed by atoms with Crippen molar-refractivity contribution in [3.8, 4) is 0 Å². The van der Waals surface area contributed by atoms with Gasteiger partial charge < -0.3 is 5.11 Å². The fourth-order valence-electron chi connectivity index (χ4n) is 1.78. The first-order chi connectivity index (χ1) is 11.7. The molecule has 2 nitrogen and oxygen atoms in total. The van der Waals surface area contributed by atoms with Crippen molar-refractivity contribution in [3.05, 3.63) is 0 Å². The first kappa shape index (κ1) is 26.3. The third kappa shape index (κ3) is 2.91. The lowest BCUT2D eigenvalue weighted by Gasteiger charge is -2.47. The summed E-state index contributed by atoms with van der Waals surface area (Å²) in [6.45, 7) is 0. The molecule has 0 aromatic rings. The zero-order valence-corrected chi connectivity index (χ0v) is 11.8. The third-order valence-corrected chi connectivity index (χ3v) is 3.20. The Kier molecular flexibility index (Phi) is 5.76. The van der Waals surface area contributed by atoms with Crippen LogP contribution in [-0.4, -0.2) is 53.3 Å². The summed E-state index contributed by atoms with van der Waals surface area (Å²) in [5.41, 5.74) is -8.98. The third-order valence-electron chi connectivity index (χ3n) is 3.20. The van der Waals surface area contributed by atoms with Crippen LogP contribution < -0.4 is 0 Å². The summed E-state index contributed by atoms with van der Waals surface area (Å²) < 4.78 is 216. The molecular formula is C9HF17O2. The minimum absolute atomic E-state index is 4.47. The number of alkyl halides is 17. The van der Waals surface area contributed by atoms with Gasteiger partial charge in [-0.05, 0) is 0 Å². The Morgan fingerprint density at radius 1 is 0.464 bits per heavy atom. The average molecular weight is 464 g/mol. The number of hydrogen-bond donors (Lipinski definition) is 1. The van der Waals surface area contributed by atoms with Crippen molar-refractivity contribution in [1.29, 1.82) is 0 Å². The van der Waals surface area contributed by atoms with Gasteiger partial charge in [-0.15, -0.1) is 0 Å². The largest absolute Gasteiger partial charge is 0.477 e. The van der Waals surface area contributed by atoms with Gasteiger partial charge in [0.15, 0.2) is 0 Å². The zero-order valence-electron chi connectivity index (χ0n) is 11.8. The Bertz CT molecular complexity index is 570. The molecule has 168 valence electrons. The summed E-state index contributed by atoms with van der Waals surface area (Å²) in [5, 5.41) is 7.61. The second-order valence-electron chi connectivity index (χ2n) is 4.85. The molecule has 0 aliphatic carbocycles. The van der Waals surface area contributed by atoms with E-state index in [1.807, 2.05) is 0 Å². The topological polar surface area (TPSA) is 37.3 Å². The highest BCUT2D eigenvalue weighted by Gasteiger charge is 3.01. The monoisotopic (exact) mass is 464 g/mol. The van der Waals surface area contributed by atoms with Gasteiger partial charge in [0.25, 0.3) is 0 Å². The predicted octanol–water partition coefficient (Wildman–Crippen LogP) is 5.29. The Morgan fingerprint density at radius 3 is 0.893 bits per heavy atom. The van der Waals surface area contributed by atoms with Crippen LogP contribution in [-0.2, 0) is 4.79 Å². The fraction of sp³-hybridized carbons (Fsp3) is 0.889. The normalized spacial score (nSPS) is 16.3. The number of carboxylic acids is 1. The van der Waals surface area contributed by atoms with Crippen molar-refractivity contribution in [2.75, 3.05) is 0 Å². The predicted molar refractivity (Wildman–Crippen MR) is 48.0 cm³/mol. The number of aliphatic carboxylic acids is 1. The van der Waals surface area contributed by atoms with Gasteiger partial charge in [-0.25, -0.2) is 4.79 Å². The van der Waals surface area contributed by atoms with Gasteiger partial charge in [0.05, 0.1) is 0 Å². The molecule has 28 heavy (non-hydrogen) atoms. The van der Waals surface area contributed by atoms with E-state index in [0.717, 1.165) is 0 Å². The Labute approximate surface area is 139 Å².